The summed E-state index contributed by atoms with van der Waals surface area (Å²) >= 11 is 2.07. The molecule has 2 fully saturated rings. The van der Waals surface area contributed by atoms with E-state index in [1.165, 1.54) is 29.1 Å². The van der Waals surface area contributed by atoms with Crippen molar-refractivity contribution in [1.82, 2.24) is 15.5 Å². The summed E-state index contributed by atoms with van der Waals surface area (Å²) in [4.78, 5) is 7.07. The van der Waals surface area contributed by atoms with Gasteiger partial charge in [0.05, 0.1) is 13.2 Å². The van der Waals surface area contributed by atoms with Crippen LogP contribution in [0, 0.1) is 0 Å². The summed E-state index contributed by atoms with van der Waals surface area (Å²) in [6.07, 6.45) is 2.29. The lowest BCUT2D eigenvalue weighted by atomic mass is 9.95. The first kappa shape index (κ1) is 19.5. The maximum Gasteiger partial charge on any atom is 0.191 e. The number of aliphatic imine (C=N–C) groups is 1. The third-order valence-electron chi connectivity index (χ3n) is 5.52. The van der Waals surface area contributed by atoms with Gasteiger partial charge in [0, 0.05) is 44.5 Å². The van der Waals surface area contributed by atoms with Crippen molar-refractivity contribution in [3.05, 3.63) is 35.4 Å². The van der Waals surface area contributed by atoms with Gasteiger partial charge in [-0.3, -0.25) is 9.89 Å². The van der Waals surface area contributed by atoms with E-state index in [9.17, 15) is 0 Å². The van der Waals surface area contributed by atoms with Gasteiger partial charge in [0.25, 0.3) is 0 Å². The minimum atomic E-state index is 0.230. The fourth-order valence-electron chi connectivity index (χ4n) is 3.86. The lowest BCUT2D eigenvalue weighted by Crippen LogP contribution is -2.60. The lowest BCUT2D eigenvalue weighted by Gasteiger charge is -2.43. The molecule has 2 aliphatic rings. The van der Waals surface area contributed by atoms with Crippen LogP contribution in [0.5, 0.6) is 0 Å². The van der Waals surface area contributed by atoms with E-state index in [1.54, 1.807) is 0 Å². The van der Waals surface area contributed by atoms with Crippen LogP contribution in [0.3, 0.4) is 0 Å². The Morgan fingerprint density at radius 3 is 2.65 bits per heavy atom. The predicted molar refractivity (Wildman–Crippen MR) is 111 cm³/mol. The van der Waals surface area contributed by atoms with Crippen LogP contribution in [0.4, 0.5) is 0 Å². The third-order valence-corrected chi connectivity index (χ3v) is 6.75. The zero-order valence-electron chi connectivity index (χ0n) is 16.1. The molecule has 0 saturated carbocycles. The molecule has 0 amide bonds. The van der Waals surface area contributed by atoms with Crippen LogP contribution in [-0.4, -0.2) is 67.8 Å². The van der Waals surface area contributed by atoms with Gasteiger partial charge in [0.2, 0.25) is 0 Å². The average molecular weight is 377 g/mol. The first-order valence-corrected chi connectivity index (χ1v) is 10.8. The monoisotopic (exact) mass is 376 g/mol. The number of hydrogen-bond donors (Lipinski definition) is 2. The number of rotatable bonds is 6. The van der Waals surface area contributed by atoms with Gasteiger partial charge in [-0.1, -0.05) is 31.2 Å². The zero-order chi connectivity index (χ0) is 18.2. The number of nitrogens with one attached hydrogen (secondary N) is 2. The number of nitrogens with zero attached hydrogens (tertiary/aromatic N) is 2. The molecule has 1 aromatic carbocycles. The highest BCUT2D eigenvalue weighted by Crippen LogP contribution is 2.33. The smallest absolute Gasteiger partial charge is 0.191 e. The standard InChI is InChI=1S/C20H32N4OS/c1-3-17-6-4-5-7-18(17)14-22-19(21-2)23-15-20(8-13-26-16-20)24-9-11-25-12-10-24/h4-7H,3,8-16H2,1-2H3,(H2,21,22,23). The largest absolute Gasteiger partial charge is 0.379 e. The molecule has 26 heavy (non-hydrogen) atoms. The van der Waals surface area contributed by atoms with E-state index < -0.39 is 0 Å². The minimum Gasteiger partial charge on any atom is -0.379 e. The van der Waals surface area contributed by atoms with Crippen LogP contribution in [0.2, 0.25) is 0 Å². The van der Waals surface area contributed by atoms with Crippen LogP contribution in [-0.2, 0) is 17.7 Å². The Hall–Kier alpha value is -1.24. The molecule has 1 unspecified atom stereocenters. The molecule has 5 nitrogen and oxygen atoms in total. The summed E-state index contributed by atoms with van der Waals surface area (Å²) in [5.74, 6) is 3.32. The van der Waals surface area contributed by atoms with E-state index in [0.29, 0.717) is 0 Å². The van der Waals surface area contributed by atoms with Crippen molar-refractivity contribution < 1.29 is 4.74 Å². The van der Waals surface area contributed by atoms with E-state index in [0.717, 1.165) is 51.8 Å². The molecular weight excluding hydrogens is 344 g/mol. The Bertz CT molecular complexity index is 595. The Morgan fingerprint density at radius 2 is 2.00 bits per heavy atom. The van der Waals surface area contributed by atoms with Crippen molar-refractivity contribution in [1.29, 1.82) is 0 Å². The molecule has 0 radical (unpaired) electrons. The number of hydrogen-bond acceptors (Lipinski definition) is 4. The van der Waals surface area contributed by atoms with Gasteiger partial charge in [0.1, 0.15) is 0 Å². The molecule has 6 heteroatoms. The van der Waals surface area contributed by atoms with E-state index in [4.69, 9.17) is 4.74 Å². The Balaban J connectivity index is 1.57. The average Bonchev–Trinajstić information content (AvgIpc) is 3.19. The maximum absolute atomic E-state index is 5.56. The normalized spacial score (nSPS) is 24.6. The first-order chi connectivity index (χ1) is 12.8. The Labute approximate surface area is 162 Å². The molecule has 3 rings (SSSR count). The number of guanidine groups is 1. The summed E-state index contributed by atoms with van der Waals surface area (Å²) in [7, 11) is 1.85. The summed E-state index contributed by atoms with van der Waals surface area (Å²) in [6.45, 7) is 7.74. The third kappa shape index (κ3) is 4.72. The van der Waals surface area contributed by atoms with Crippen molar-refractivity contribution in [3.63, 3.8) is 0 Å². The molecule has 0 bridgehead atoms. The van der Waals surface area contributed by atoms with Crippen LogP contribution >= 0.6 is 11.8 Å². The van der Waals surface area contributed by atoms with Crippen molar-refractivity contribution in [3.8, 4) is 0 Å². The molecule has 0 spiro atoms. The molecule has 0 aliphatic carbocycles. The quantitative estimate of drug-likeness (QED) is 0.588. The second-order valence-electron chi connectivity index (χ2n) is 7.03. The van der Waals surface area contributed by atoms with Crippen molar-refractivity contribution in [2.45, 2.75) is 31.8 Å². The topological polar surface area (TPSA) is 48.9 Å². The second kappa shape index (κ2) is 9.62. The van der Waals surface area contributed by atoms with Crippen molar-refractivity contribution in [2.75, 3.05) is 51.4 Å². The maximum atomic E-state index is 5.56. The summed E-state index contributed by atoms with van der Waals surface area (Å²) in [6, 6.07) is 8.62. The molecule has 0 aromatic heterocycles. The van der Waals surface area contributed by atoms with Crippen LogP contribution < -0.4 is 10.6 Å². The van der Waals surface area contributed by atoms with E-state index in [-0.39, 0.29) is 5.54 Å². The number of morpholine rings is 1. The summed E-state index contributed by atoms with van der Waals surface area (Å²) in [5, 5.41) is 7.09. The first-order valence-electron chi connectivity index (χ1n) is 9.69. The van der Waals surface area contributed by atoms with Gasteiger partial charge in [0.15, 0.2) is 5.96 Å². The minimum absolute atomic E-state index is 0.230. The number of ether oxygens (including phenoxy) is 1. The predicted octanol–water partition coefficient (Wildman–Crippen LogP) is 2.12. The lowest BCUT2D eigenvalue weighted by molar-refractivity contribution is -0.0120. The Kier molecular flexibility index (Phi) is 7.23. The SMILES string of the molecule is CCc1ccccc1CNC(=NC)NCC1(N2CCOCC2)CCSC1. The molecular formula is C20H32N4OS. The van der Waals surface area contributed by atoms with E-state index in [1.807, 2.05) is 7.05 Å². The highest BCUT2D eigenvalue weighted by Gasteiger charge is 2.40. The van der Waals surface area contributed by atoms with E-state index in [2.05, 4.69) is 63.5 Å². The van der Waals surface area contributed by atoms with Gasteiger partial charge in [-0.15, -0.1) is 0 Å². The molecule has 2 aliphatic heterocycles. The number of benzene rings is 1. The number of aryl methyl sites for hydroxylation is 1. The van der Waals surface area contributed by atoms with Gasteiger partial charge in [-0.25, -0.2) is 0 Å². The molecule has 2 saturated heterocycles. The number of thioether (sulfide) groups is 1. The summed E-state index contributed by atoms with van der Waals surface area (Å²) in [5.41, 5.74) is 2.97. The molecule has 2 N–H and O–H groups in total. The van der Waals surface area contributed by atoms with Crippen LogP contribution in [0.15, 0.2) is 29.3 Å². The van der Waals surface area contributed by atoms with Gasteiger partial charge >= 0.3 is 0 Å². The Morgan fingerprint density at radius 1 is 1.23 bits per heavy atom. The second-order valence-corrected chi connectivity index (χ2v) is 8.13. The molecule has 2 heterocycles. The van der Waals surface area contributed by atoms with E-state index >= 15 is 0 Å². The van der Waals surface area contributed by atoms with Crippen LogP contribution in [0.25, 0.3) is 0 Å². The fourth-order valence-corrected chi connectivity index (χ4v) is 5.34. The van der Waals surface area contributed by atoms with Gasteiger partial charge in [-0.05, 0) is 29.7 Å². The van der Waals surface area contributed by atoms with Crippen molar-refractivity contribution >= 4 is 17.7 Å². The fraction of sp³-hybridized carbons (Fsp3) is 0.650. The molecule has 144 valence electrons. The van der Waals surface area contributed by atoms with Crippen molar-refractivity contribution in [2.24, 2.45) is 4.99 Å². The zero-order valence-corrected chi connectivity index (χ0v) is 16.9. The molecule has 1 atom stereocenters. The van der Waals surface area contributed by atoms with Gasteiger partial charge < -0.3 is 15.4 Å². The highest BCUT2D eigenvalue weighted by atomic mass is 32.2. The van der Waals surface area contributed by atoms with Gasteiger partial charge in [-0.2, -0.15) is 11.8 Å². The molecule has 1 aromatic rings. The summed E-state index contributed by atoms with van der Waals surface area (Å²) < 4.78 is 5.56. The highest BCUT2D eigenvalue weighted by molar-refractivity contribution is 7.99. The van der Waals surface area contributed by atoms with Crippen LogP contribution in [0.1, 0.15) is 24.5 Å².